The van der Waals surface area contributed by atoms with Crippen molar-refractivity contribution in [3.63, 3.8) is 0 Å². The largest absolute Gasteiger partial charge is 0.508 e. The van der Waals surface area contributed by atoms with E-state index >= 15 is 0 Å². The molecule has 4 nitrogen and oxygen atoms in total. The maximum absolute atomic E-state index is 9.59. The summed E-state index contributed by atoms with van der Waals surface area (Å²) < 4.78 is 5.57. The minimum absolute atomic E-state index is 0.0166. The molecule has 2 atom stereocenters. The molecule has 0 radical (unpaired) electrons. The van der Waals surface area contributed by atoms with E-state index in [0.29, 0.717) is 12.4 Å². The van der Waals surface area contributed by atoms with E-state index in [1.807, 2.05) is 36.4 Å². The van der Waals surface area contributed by atoms with Gasteiger partial charge in [-0.15, -0.1) is 0 Å². The normalized spacial score (nSPS) is 18.4. The van der Waals surface area contributed by atoms with Gasteiger partial charge < -0.3 is 14.9 Å². The van der Waals surface area contributed by atoms with Gasteiger partial charge in [-0.05, 0) is 17.7 Å². The average molecular weight is 271 g/mol. The Hall–Kier alpha value is -2.04. The lowest BCUT2D eigenvalue weighted by molar-refractivity contribution is 0.220. The Morgan fingerprint density at radius 2 is 2.00 bits per heavy atom. The SMILES string of the molecule is OC[C@H](NC1COc2cc(O)ccc21)c1ccccc1. The van der Waals surface area contributed by atoms with E-state index in [-0.39, 0.29) is 24.4 Å². The number of phenolic OH excluding ortho intramolecular Hbond substituents is 1. The van der Waals surface area contributed by atoms with Gasteiger partial charge in [0.1, 0.15) is 18.1 Å². The Labute approximate surface area is 117 Å². The molecular formula is C16H17NO3. The third kappa shape index (κ3) is 2.48. The molecule has 20 heavy (non-hydrogen) atoms. The number of aliphatic hydroxyl groups is 1. The maximum atomic E-state index is 9.59. The second-order valence-corrected chi connectivity index (χ2v) is 4.90. The first-order valence-electron chi connectivity index (χ1n) is 6.65. The Balaban J connectivity index is 1.79. The summed E-state index contributed by atoms with van der Waals surface area (Å²) in [6, 6.07) is 14.8. The Bertz CT molecular complexity index is 586. The van der Waals surface area contributed by atoms with Gasteiger partial charge in [-0.25, -0.2) is 0 Å². The van der Waals surface area contributed by atoms with Crippen molar-refractivity contribution in [3.05, 3.63) is 59.7 Å². The number of fused-ring (bicyclic) bond motifs is 1. The first-order valence-corrected chi connectivity index (χ1v) is 6.65. The molecule has 0 spiro atoms. The lowest BCUT2D eigenvalue weighted by atomic mass is 10.0. The molecule has 0 aromatic heterocycles. The van der Waals surface area contributed by atoms with Gasteiger partial charge in [-0.3, -0.25) is 5.32 Å². The second-order valence-electron chi connectivity index (χ2n) is 4.90. The summed E-state index contributed by atoms with van der Waals surface area (Å²) >= 11 is 0. The van der Waals surface area contributed by atoms with Crippen molar-refractivity contribution >= 4 is 0 Å². The van der Waals surface area contributed by atoms with Gasteiger partial charge in [0.05, 0.1) is 18.7 Å². The molecule has 3 rings (SSSR count). The van der Waals surface area contributed by atoms with E-state index in [9.17, 15) is 10.2 Å². The standard InChI is InChI=1S/C16H17NO3/c18-9-14(11-4-2-1-3-5-11)17-15-10-20-16-8-12(19)6-7-13(15)16/h1-8,14-15,17-19H,9-10H2/t14-,15?/m0/s1. The predicted molar refractivity (Wildman–Crippen MR) is 75.7 cm³/mol. The molecule has 2 aromatic rings. The zero-order valence-corrected chi connectivity index (χ0v) is 11.0. The smallest absolute Gasteiger partial charge is 0.127 e. The summed E-state index contributed by atoms with van der Waals surface area (Å²) in [4.78, 5) is 0. The summed E-state index contributed by atoms with van der Waals surface area (Å²) in [5.74, 6) is 0.901. The summed E-state index contributed by atoms with van der Waals surface area (Å²) in [6.07, 6.45) is 0. The molecule has 3 N–H and O–H groups in total. The van der Waals surface area contributed by atoms with Gasteiger partial charge in [-0.2, -0.15) is 0 Å². The molecule has 1 heterocycles. The van der Waals surface area contributed by atoms with Crippen LogP contribution in [0.1, 0.15) is 23.2 Å². The van der Waals surface area contributed by atoms with E-state index in [0.717, 1.165) is 11.1 Å². The van der Waals surface area contributed by atoms with Gasteiger partial charge in [0, 0.05) is 11.6 Å². The lowest BCUT2D eigenvalue weighted by Gasteiger charge is -2.21. The van der Waals surface area contributed by atoms with Gasteiger partial charge in [0.25, 0.3) is 0 Å². The fourth-order valence-electron chi connectivity index (χ4n) is 2.52. The van der Waals surface area contributed by atoms with Crippen LogP contribution < -0.4 is 10.1 Å². The van der Waals surface area contributed by atoms with Crippen LogP contribution in [0.25, 0.3) is 0 Å². The fraction of sp³-hybridized carbons (Fsp3) is 0.250. The van der Waals surface area contributed by atoms with E-state index in [4.69, 9.17) is 4.74 Å². The molecule has 0 saturated heterocycles. The van der Waals surface area contributed by atoms with Gasteiger partial charge in [0.2, 0.25) is 0 Å². The maximum Gasteiger partial charge on any atom is 0.127 e. The highest BCUT2D eigenvalue weighted by Gasteiger charge is 2.26. The number of hydrogen-bond acceptors (Lipinski definition) is 4. The summed E-state index contributed by atoms with van der Waals surface area (Å²) in [5.41, 5.74) is 2.06. The number of rotatable bonds is 4. The number of aromatic hydroxyl groups is 1. The van der Waals surface area contributed by atoms with Crippen LogP contribution in [-0.4, -0.2) is 23.4 Å². The van der Waals surface area contributed by atoms with Crippen LogP contribution in [0.15, 0.2) is 48.5 Å². The van der Waals surface area contributed by atoms with Crippen molar-refractivity contribution in [3.8, 4) is 11.5 Å². The Morgan fingerprint density at radius 3 is 2.75 bits per heavy atom. The molecule has 1 unspecified atom stereocenters. The lowest BCUT2D eigenvalue weighted by Crippen LogP contribution is -2.29. The van der Waals surface area contributed by atoms with Crippen molar-refractivity contribution in [2.45, 2.75) is 12.1 Å². The molecule has 1 aliphatic heterocycles. The summed E-state index contributed by atoms with van der Waals surface area (Å²) in [6.45, 7) is 0.524. The molecular weight excluding hydrogens is 254 g/mol. The van der Waals surface area contributed by atoms with Crippen LogP contribution in [0, 0.1) is 0 Å². The van der Waals surface area contributed by atoms with Crippen molar-refractivity contribution in [1.82, 2.24) is 5.32 Å². The number of ether oxygens (including phenoxy) is 1. The topological polar surface area (TPSA) is 61.7 Å². The van der Waals surface area contributed by atoms with Crippen molar-refractivity contribution in [2.24, 2.45) is 0 Å². The molecule has 2 aromatic carbocycles. The zero-order chi connectivity index (χ0) is 13.9. The van der Waals surface area contributed by atoms with Crippen LogP contribution in [-0.2, 0) is 0 Å². The third-order valence-electron chi connectivity index (χ3n) is 3.56. The van der Waals surface area contributed by atoms with Crippen molar-refractivity contribution in [1.29, 1.82) is 0 Å². The van der Waals surface area contributed by atoms with Crippen molar-refractivity contribution in [2.75, 3.05) is 13.2 Å². The molecule has 104 valence electrons. The average Bonchev–Trinajstić information content (AvgIpc) is 2.87. The number of hydrogen-bond donors (Lipinski definition) is 3. The van der Waals surface area contributed by atoms with Crippen LogP contribution in [0.3, 0.4) is 0 Å². The van der Waals surface area contributed by atoms with E-state index in [2.05, 4.69) is 5.32 Å². The highest BCUT2D eigenvalue weighted by atomic mass is 16.5. The van der Waals surface area contributed by atoms with Crippen LogP contribution >= 0.6 is 0 Å². The minimum Gasteiger partial charge on any atom is -0.508 e. The van der Waals surface area contributed by atoms with E-state index in [1.165, 1.54) is 0 Å². The highest BCUT2D eigenvalue weighted by Crippen LogP contribution is 2.36. The second kappa shape index (κ2) is 5.53. The number of phenols is 1. The minimum atomic E-state index is -0.135. The number of benzene rings is 2. The zero-order valence-electron chi connectivity index (χ0n) is 11.0. The fourth-order valence-corrected chi connectivity index (χ4v) is 2.52. The van der Waals surface area contributed by atoms with Gasteiger partial charge >= 0.3 is 0 Å². The summed E-state index contributed by atoms with van der Waals surface area (Å²) in [7, 11) is 0. The van der Waals surface area contributed by atoms with Gasteiger partial charge in [-0.1, -0.05) is 30.3 Å². The molecule has 0 aliphatic carbocycles. The molecule has 0 saturated carbocycles. The molecule has 4 heteroatoms. The Morgan fingerprint density at radius 1 is 1.20 bits per heavy atom. The quantitative estimate of drug-likeness (QED) is 0.797. The number of nitrogens with one attached hydrogen (secondary N) is 1. The Kier molecular flexibility index (Phi) is 3.58. The first kappa shape index (κ1) is 13.0. The molecule has 0 amide bonds. The van der Waals surface area contributed by atoms with E-state index < -0.39 is 0 Å². The first-order chi connectivity index (χ1) is 9.78. The highest BCUT2D eigenvalue weighted by molar-refractivity contribution is 5.44. The van der Waals surface area contributed by atoms with E-state index in [1.54, 1.807) is 12.1 Å². The third-order valence-corrected chi connectivity index (χ3v) is 3.56. The van der Waals surface area contributed by atoms with Gasteiger partial charge in [0.15, 0.2) is 0 Å². The molecule has 1 aliphatic rings. The number of aliphatic hydroxyl groups excluding tert-OH is 1. The van der Waals surface area contributed by atoms with Crippen LogP contribution in [0.2, 0.25) is 0 Å². The molecule has 0 fully saturated rings. The predicted octanol–water partition coefficient (Wildman–Crippen LogP) is 2.15. The van der Waals surface area contributed by atoms with Crippen LogP contribution in [0.4, 0.5) is 0 Å². The van der Waals surface area contributed by atoms with Crippen molar-refractivity contribution < 1.29 is 14.9 Å². The summed E-state index contributed by atoms with van der Waals surface area (Å²) in [5, 5.41) is 22.4. The molecule has 0 bridgehead atoms. The monoisotopic (exact) mass is 271 g/mol. The van der Waals surface area contributed by atoms with Crippen LogP contribution in [0.5, 0.6) is 11.5 Å².